The van der Waals surface area contributed by atoms with E-state index in [2.05, 4.69) is 4.98 Å². The van der Waals surface area contributed by atoms with E-state index in [9.17, 15) is 13.2 Å². The van der Waals surface area contributed by atoms with Gasteiger partial charge in [-0.05, 0) is 44.0 Å². The lowest BCUT2D eigenvalue weighted by atomic mass is 10.1. The lowest BCUT2D eigenvalue weighted by Crippen LogP contribution is -2.32. The number of fused-ring (bicyclic) bond motifs is 1. The van der Waals surface area contributed by atoms with Crippen molar-refractivity contribution in [2.24, 2.45) is 0 Å². The topological polar surface area (TPSA) is 70.2 Å². The van der Waals surface area contributed by atoms with Crippen LogP contribution in [0.4, 0.5) is 0 Å². The Labute approximate surface area is 117 Å². The zero-order valence-corrected chi connectivity index (χ0v) is 12.3. The largest absolute Gasteiger partial charge is 0.358 e. The van der Waals surface area contributed by atoms with E-state index in [-0.39, 0.29) is 12.3 Å². The molecule has 0 radical (unpaired) electrons. The zero-order chi connectivity index (χ0) is 14.5. The number of H-pyrrole nitrogens is 1. The van der Waals surface area contributed by atoms with E-state index in [0.29, 0.717) is 12.0 Å². The summed E-state index contributed by atoms with van der Waals surface area (Å²) in [6.45, 7) is 4.24. The van der Waals surface area contributed by atoms with Crippen molar-refractivity contribution in [1.82, 2.24) is 9.29 Å². The highest BCUT2D eigenvalue weighted by atomic mass is 32.2. The molecule has 1 aromatic carbocycles. The molecule has 6 heteroatoms. The van der Waals surface area contributed by atoms with Crippen molar-refractivity contribution in [3.05, 3.63) is 35.0 Å². The first kappa shape index (κ1) is 13.2. The van der Waals surface area contributed by atoms with Gasteiger partial charge in [0.2, 0.25) is 10.0 Å². The van der Waals surface area contributed by atoms with Gasteiger partial charge in [0.1, 0.15) is 0 Å². The van der Waals surface area contributed by atoms with Crippen LogP contribution in [0.5, 0.6) is 0 Å². The van der Waals surface area contributed by atoms with Crippen LogP contribution in [-0.4, -0.2) is 35.9 Å². The van der Waals surface area contributed by atoms with Gasteiger partial charge in [-0.1, -0.05) is 0 Å². The number of carbonyl (C=O) groups excluding carboxylic acids is 1. The Balaban J connectivity index is 2.06. The van der Waals surface area contributed by atoms with Gasteiger partial charge in [-0.2, -0.15) is 0 Å². The number of aromatic nitrogens is 1. The Morgan fingerprint density at radius 2 is 2.05 bits per heavy atom. The van der Waals surface area contributed by atoms with E-state index in [1.165, 1.54) is 0 Å². The summed E-state index contributed by atoms with van der Waals surface area (Å²) < 4.78 is 24.6. The molecule has 1 fully saturated rings. The molecule has 20 heavy (non-hydrogen) atoms. The number of hydrogen-bond donors (Lipinski definition) is 1. The smallest absolute Gasteiger partial charge is 0.267 e. The summed E-state index contributed by atoms with van der Waals surface area (Å²) >= 11 is 0. The number of aromatic amines is 1. The van der Waals surface area contributed by atoms with Crippen molar-refractivity contribution in [1.29, 1.82) is 0 Å². The maximum Gasteiger partial charge on any atom is 0.267 e. The van der Waals surface area contributed by atoms with Crippen LogP contribution in [0, 0.1) is 13.8 Å². The third kappa shape index (κ3) is 1.91. The van der Waals surface area contributed by atoms with E-state index < -0.39 is 15.9 Å². The van der Waals surface area contributed by atoms with Gasteiger partial charge in [0.15, 0.2) is 0 Å². The zero-order valence-electron chi connectivity index (χ0n) is 11.4. The van der Waals surface area contributed by atoms with Gasteiger partial charge in [0.25, 0.3) is 5.91 Å². The molecule has 1 amide bonds. The lowest BCUT2D eigenvalue weighted by Gasteiger charge is -2.14. The minimum Gasteiger partial charge on any atom is -0.358 e. The molecule has 1 aliphatic heterocycles. The maximum atomic E-state index is 12.4. The molecule has 2 aromatic rings. The van der Waals surface area contributed by atoms with Crippen molar-refractivity contribution >= 4 is 26.8 Å². The molecular weight excluding hydrogens is 276 g/mol. The van der Waals surface area contributed by atoms with Crippen molar-refractivity contribution < 1.29 is 13.2 Å². The molecule has 2 heterocycles. The molecule has 0 unspecified atom stereocenters. The number of rotatable bonds is 1. The highest BCUT2D eigenvalue weighted by Gasteiger charge is 2.33. The summed E-state index contributed by atoms with van der Waals surface area (Å²) in [7, 11) is -3.42. The van der Waals surface area contributed by atoms with E-state index in [1.54, 1.807) is 12.1 Å². The predicted molar refractivity (Wildman–Crippen MR) is 77.2 cm³/mol. The van der Waals surface area contributed by atoms with Gasteiger partial charge in [-0.25, -0.2) is 12.7 Å². The molecule has 106 valence electrons. The predicted octanol–water partition coefficient (Wildman–Crippen LogP) is 1.96. The van der Waals surface area contributed by atoms with Gasteiger partial charge in [-0.15, -0.1) is 0 Å². The van der Waals surface area contributed by atoms with Gasteiger partial charge in [-0.3, -0.25) is 4.79 Å². The fraction of sp³-hybridized carbons (Fsp3) is 0.357. The molecule has 0 atom stereocenters. The molecule has 0 bridgehead atoms. The van der Waals surface area contributed by atoms with Gasteiger partial charge < -0.3 is 4.98 Å². The average Bonchev–Trinajstić information content (AvgIpc) is 2.89. The molecule has 1 aliphatic rings. The Morgan fingerprint density at radius 3 is 2.70 bits per heavy atom. The number of benzene rings is 1. The summed E-state index contributed by atoms with van der Waals surface area (Å²) in [6, 6.07) is 5.27. The van der Waals surface area contributed by atoms with Crippen LogP contribution < -0.4 is 0 Å². The number of aryl methyl sites for hydroxylation is 2. The maximum absolute atomic E-state index is 12.4. The van der Waals surface area contributed by atoms with Crippen LogP contribution in [0.15, 0.2) is 18.2 Å². The fourth-order valence-corrected chi connectivity index (χ4v) is 4.09. The number of hydrogen-bond acceptors (Lipinski definition) is 3. The molecule has 1 N–H and O–H groups in total. The third-order valence-corrected chi connectivity index (χ3v) is 5.71. The number of carbonyl (C=O) groups is 1. The molecule has 1 saturated heterocycles. The van der Waals surface area contributed by atoms with Crippen LogP contribution in [0.3, 0.4) is 0 Å². The SMILES string of the molecule is Cc1[nH]c2ccc(C(=O)N3CCCS3(=O)=O)cc2c1C. The first-order chi connectivity index (χ1) is 9.40. The highest BCUT2D eigenvalue weighted by Crippen LogP contribution is 2.24. The van der Waals surface area contributed by atoms with Crippen molar-refractivity contribution in [2.75, 3.05) is 12.3 Å². The Hall–Kier alpha value is -1.82. The number of nitrogens with zero attached hydrogens (tertiary/aromatic N) is 1. The van der Waals surface area contributed by atoms with Crippen molar-refractivity contribution in [2.45, 2.75) is 20.3 Å². The van der Waals surface area contributed by atoms with Crippen LogP contribution >= 0.6 is 0 Å². The molecule has 0 spiro atoms. The van der Waals surface area contributed by atoms with E-state index in [0.717, 1.165) is 26.5 Å². The quantitative estimate of drug-likeness (QED) is 0.873. The Morgan fingerprint density at radius 1 is 1.30 bits per heavy atom. The second-order valence-corrected chi connectivity index (χ2v) is 7.20. The minimum absolute atomic E-state index is 0.0588. The molecule has 5 nitrogen and oxygen atoms in total. The van der Waals surface area contributed by atoms with E-state index in [4.69, 9.17) is 0 Å². The van der Waals surface area contributed by atoms with Crippen LogP contribution in [-0.2, 0) is 10.0 Å². The summed E-state index contributed by atoms with van der Waals surface area (Å²) in [6.07, 6.45) is 0.513. The molecule has 3 rings (SSSR count). The number of nitrogens with one attached hydrogen (secondary N) is 1. The summed E-state index contributed by atoms with van der Waals surface area (Å²) in [5.74, 6) is -0.369. The lowest BCUT2D eigenvalue weighted by molar-refractivity contribution is 0.0870. The fourth-order valence-electron chi connectivity index (χ4n) is 2.61. The Bertz CT molecular complexity index is 805. The standard InChI is InChI=1S/C14H16N2O3S/c1-9-10(2)15-13-5-4-11(8-12(9)13)14(17)16-6-3-7-20(16,18)19/h4-5,8,15H,3,6-7H2,1-2H3. The third-order valence-electron chi connectivity index (χ3n) is 3.88. The first-order valence-corrected chi connectivity index (χ1v) is 8.15. The summed E-state index contributed by atoms with van der Waals surface area (Å²) in [5, 5.41) is 0.963. The second kappa shape index (κ2) is 4.34. The molecule has 0 aliphatic carbocycles. The van der Waals surface area contributed by atoms with Crippen LogP contribution in [0.25, 0.3) is 10.9 Å². The van der Waals surface area contributed by atoms with Gasteiger partial charge in [0, 0.05) is 28.7 Å². The second-order valence-electron chi connectivity index (χ2n) is 5.18. The van der Waals surface area contributed by atoms with E-state index in [1.807, 2.05) is 19.9 Å². The van der Waals surface area contributed by atoms with Crippen LogP contribution in [0.1, 0.15) is 28.0 Å². The summed E-state index contributed by atoms with van der Waals surface area (Å²) in [4.78, 5) is 15.6. The molecular formula is C14H16N2O3S. The number of amides is 1. The van der Waals surface area contributed by atoms with Gasteiger partial charge in [0.05, 0.1) is 5.75 Å². The highest BCUT2D eigenvalue weighted by molar-refractivity contribution is 7.89. The van der Waals surface area contributed by atoms with E-state index >= 15 is 0 Å². The van der Waals surface area contributed by atoms with Crippen LogP contribution in [0.2, 0.25) is 0 Å². The average molecular weight is 292 g/mol. The van der Waals surface area contributed by atoms with Crippen molar-refractivity contribution in [3.63, 3.8) is 0 Å². The molecule has 0 saturated carbocycles. The Kier molecular flexibility index (Phi) is 2.86. The number of sulfonamides is 1. The monoisotopic (exact) mass is 292 g/mol. The normalized spacial score (nSPS) is 17.8. The van der Waals surface area contributed by atoms with Gasteiger partial charge >= 0.3 is 0 Å². The first-order valence-electron chi connectivity index (χ1n) is 6.54. The summed E-state index contributed by atoms with van der Waals surface area (Å²) in [5.41, 5.74) is 3.52. The minimum atomic E-state index is -3.42. The van der Waals surface area contributed by atoms with Crippen molar-refractivity contribution in [3.8, 4) is 0 Å². The molecule has 1 aromatic heterocycles.